The largest absolute Gasteiger partial charge is 0.481 e. The van der Waals surface area contributed by atoms with Crippen LogP contribution >= 0.6 is 11.3 Å². The molecule has 0 amide bonds. The Morgan fingerprint density at radius 2 is 2.50 bits per heavy atom. The third-order valence-electron chi connectivity index (χ3n) is 1.29. The molecule has 0 aliphatic heterocycles. The second kappa shape index (κ2) is 3.64. The van der Waals surface area contributed by atoms with E-state index in [2.05, 4.69) is 4.98 Å². The van der Waals surface area contributed by atoms with Crippen LogP contribution in [0.3, 0.4) is 0 Å². The van der Waals surface area contributed by atoms with E-state index in [1.165, 1.54) is 11.3 Å². The average molecular weight is 187 g/mol. The van der Waals surface area contributed by atoms with E-state index in [-0.39, 0.29) is 6.42 Å². The summed E-state index contributed by atoms with van der Waals surface area (Å²) in [6.45, 7) is 1.80. The highest BCUT2D eigenvalue weighted by Crippen LogP contribution is 2.20. The van der Waals surface area contributed by atoms with Crippen LogP contribution in [0.5, 0.6) is 0 Å². The molecule has 66 valence electrons. The van der Waals surface area contributed by atoms with Gasteiger partial charge in [0.1, 0.15) is 11.1 Å². The zero-order valence-electron chi connectivity index (χ0n) is 6.52. The number of rotatable bonds is 3. The summed E-state index contributed by atoms with van der Waals surface area (Å²) in [6.07, 6.45) is -1.26. The van der Waals surface area contributed by atoms with Crippen molar-refractivity contribution in [3.8, 4) is 0 Å². The Bertz CT molecular complexity index is 284. The minimum Gasteiger partial charge on any atom is -0.481 e. The Morgan fingerprint density at radius 1 is 1.83 bits per heavy atom. The maximum Gasteiger partial charge on any atom is 0.306 e. The Labute approximate surface area is 73.5 Å². The number of hydrogen-bond acceptors (Lipinski definition) is 4. The van der Waals surface area contributed by atoms with Crippen molar-refractivity contribution in [3.05, 3.63) is 16.1 Å². The monoisotopic (exact) mass is 187 g/mol. The molecule has 0 radical (unpaired) electrons. The van der Waals surface area contributed by atoms with Gasteiger partial charge in [-0.3, -0.25) is 4.79 Å². The van der Waals surface area contributed by atoms with Crippen molar-refractivity contribution in [2.75, 3.05) is 0 Å². The Kier molecular flexibility index (Phi) is 2.78. The molecule has 0 aliphatic rings. The van der Waals surface area contributed by atoms with Gasteiger partial charge >= 0.3 is 5.97 Å². The molecule has 0 aliphatic carbocycles. The molecule has 1 heterocycles. The van der Waals surface area contributed by atoms with Crippen LogP contribution < -0.4 is 0 Å². The fourth-order valence-electron chi connectivity index (χ4n) is 0.778. The number of aromatic nitrogens is 1. The number of nitrogens with zero attached hydrogens (tertiary/aromatic N) is 1. The summed E-state index contributed by atoms with van der Waals surface area (Å²) in [5, 5.41) is 19.9. The molecule has 5 heteroatoms. The molecule has 12 heavy (non-hydrogen) atoms. The first-order chi connectivity index (χ1) is 5.59. The number of carboxylic acid groups (broad SMARTS) is 1. The van der Waals surface area contributed by atoms with Gasteiger partial charge in [-0.25, -0.2) is 4.98 Å². The van der Waals surface area contributed by atoms with E-state index in [0.717, 1.165) is 5.69 Å². The molecule has 1 atom stereocenters. The zero-order valence-corrected chi connectivity index (χ0v) is 7.34. The van der Waals surface area contributed by atoms with Crippen molar-refractivity contribution in [1.82, 2.24) is 4.98 Å². The molecule has 1 aromatic heterocycles. The fourth-order valence-corrected chi connectivity index (χ4v) is 1.56. The Balaban J connectivity index is 2.64. The van der Waals surface area contributed by atoms with Crippen LogP contribution in [0.2, 0.25) is 0 Å². The number of aliphatic carboxylic acids is 1. The first-order valence-electron chi connectivity index (χ1n) is 3.41. The number of thiazole rings is 1. The van der Waals surface area contributed by atoms with E-state index < -0.39 is 12.1 Å². The van der Waals surface area contributed by atoms with Gasteiger partial charge in [0.2, 0.25) is 0 Å². The summed E-state index contributed by atoms with van der Waals surface area (Å²) in [5.41, 5.74) is 0.805. The lowest BCUT2D eigenvalue weighted by atomic mass is 10.3. The Morgan fingerprint density at radius 3 is 2.92 bits per heavy atom. The number of aryl methyl sites for hydroxylation is 1. The lowest BCUT2D eigenvalue weighted by Crippen LogP contribution is -2.04. The van der Waals surface area contributed by atoms with Gasteiger partial charge in [-0.15, -0.1) is 11.3 Å². The van der Waals surface area contributed by atoms with Gasteiger partial charge in [0.15, 0.2) is 0 Å². The minimum absolute atomic E-state index is 0.285. The quantitative estimate of drug-likeness (QED) is 0.739. The first kappa shape index (κ1) is 9.15. The van der Waals surface area contributed by atoms with E-state index in [4.69, 9.17) is 5.11 Å². The summed E-state index contributed by atoms with van der Waals surface area (Å²) in [6, 6.07) is 0. The normalized spacial score (nSPS) is 12.8. The number of hydrogen-bond donors (Lipinski definition) is 2. The predicted octanol–water partition coefficient (Wildman–Crippen LogP) is 0.960. The van der Waals surface area contributed by atoms with Crippen LogP contribution in [0.15, 0.2) is 5.38 Å². The van der Waals surface area contributed by atoms with Gasteiger partial charge < -0.3 is 10.2 Å². The van der Waals surface area contributed by atoms with Crippen LogP contribution in [-0.4, -0.2) is 21.2 Å². The highest BCUT2D eigenvalue weighted by Gasteiger charge is 2.14. The van der Waals surface area contributed by atoms with Crippen LogP contribution in [-0.2, 0) is 4.79 Å². The predicted molar refractivity (Wildman–Crippen MR) is 44.1 cm³/mol. The molecule has 2 N–H and O–H groups in total. The van der Waals surface area contributed by atoms with Crippen molar-refractivity contribution in [1.29, 1.82) is 0 Å². The molecule has 0 bridgehead atoms. The molecule has 0 aromatic carbocycles. The maximum absolute atomic E-state index is 10.2. The summed E-state index contributed by atoms with van der Waals surface area (Å²) in [5.74, 6) is -1.02. The number of carbonyl (C=O) groups is 1. The molecule has 1 aromatic rings. The van der Waals surface area contributed by atoms with Crippen LogP contribution in [0.4, 0.5) is 0 Å². The topological polar surface area (TPSA) is 70.4 Å². The van der Waals surface area contributed by atoms with Crippen molar-refractivity contribution in [2.24, 2.45) is 0 Å². The molecule has 1 unspecified atom stereocenters. The number of carboxylic acids is 1. The zero-order chi connectivity index (χ0) is 9.14. The van der Waals surface area contributed by atoms with Gasteiger partial charge in [-0.05, 0) is 6.92 Å². The smallest absolute Gasteiger partial charge is 0.306 e. The molecular weight excluding hydrogens is 178 g/mol. The molecular formula is C7H9NO3S. The van der Waals surface area contributed by atoms with Crippen molar-refractivity contribution >= 4 is 17.3 Å². The fraction of sp³-hybridized carbons (Fsp3) is 0.429. The molecule has 0 saturated heterocycles. The van der Waals surface area contributed by atoms with Gasteiger partial charge in [0.25, 0.3) is 0 Å². The van der Waals surface area contributed by atoms with Crippen LogP contribution in [0.25, 0.3) is 0 Å². The lowest BCUT2D eigenvalue weighted by molar-refractivity contribution is -0.139. The van der Waals surface area contributed by atoms with E-state index >= 15 is 0 Å². The second-order valence-electron chi connectivity index (χ2n) is 2.44. The molecule has 4 nitrogen and oxygen atoms in total. The maximum atomic E-state index is 10.2. The summed E-state index contributed by atoms with van der Waals surface area (Å²) in [7, 11) is 0. The van der Waals surface area contributed by atoms with Gasteiger partial charge in [-0.1, -0.05) is 0 Å². The molecule has 0 spiro atoms. The third-order valence-corrected chi connectivity index (χ3v) is 2.35. The number of aliphatic hydroxyl groups excluding tert-OH is 1. The Hall–Kier alpha value is -0.940. The van der Waals surface area contributed by atoms with E-state index in [1.54, 1.807) is 12.3 Å². The first-order valence-corrected chi connectivity index (χ1v) is 4.29. The van der Waals surface area contributed by atoms with Gasteiger partial charge in [-0.2, -0.15) is 0 Å². The standard InChI is InChI=1S/C7H9NO3S/c1-4-3-12-7(8-4)5(9)2-6(10)11/h3,5,9H,2H2,1H3,(H,10,11). The van der Waals surface area contributed by atoms with Gasteiger partial charge in [0.05, 0.1) is 6.42 Å². The molecule has 1 rings (SSSR count). The average Bonchev–Trinajstić information content (AvgIpc) is 2.34. The highest BCUT2D eigenvalue weighted by molar-refractivity contribution is 7.09. The van der Waals surface area contributed by atoms with Crippen LogP contribution in [0.1, 0.15) is 23.2 Å². The number of aliphatic hydroxyl groups is 1. The molecule has 0 saturated carbocycles. The summed E-state index contributed by atoms with van der Waals surface area (Å²) >= 11 is 1.28. The van der Waals surface area contributed by atoms with Gasteiger partial charge in [0, 0.05) is 11.1 Å². The SMILES string of the molecule is Cc1csc(C(O)CC(=O)O)n1. The molecule has 0 fully saturated rings. The van der Waals surface area contributed by atoms with Crippen molar-refractivity contribution in [2.45, 2.75) is 19.4 Å². The third kappa shape index (κ3) is 2.28. The second-order valence-corrected chi connectivity index (χ2v) is 3.33. The lowest BCUT2D eigenvalue weighted by Gasteiger charge is -2.01. The van der Waals surface area contributed by atoms with E-state index in [1.807, 2.05) is 0 Å². The highest BCUT2D eigenvalue weighted by atomic mass is 32.1. The van der Waals surface area contributed by atoms with E-state index in [9.17, 15) is 9.90 Å². The van der Waals surface area contributed by atoms with E-state index in [0.29, 0.717) is 5.01 Å². The van der Waals surface area contributed by atoms with Crippen LogP contribution in [0, 0.1) is 6.92 Å². The van der Waals surface area contributed by atoms with Crippen molar-refractivity contribution in [3.63, 3.8) is 0 Å². The summed E-state index contributed by atoms with van der Waals surface area (Å²) in [4.78, 5) is 14.2. The minimum atomic E-state index is -1.02. The summed E-state index contributed by atoms with van der Waals surface area (Å²) < 4.78 is 0. The van der Waals surface area contributed by atoms with Crippen molar-refractivity contribution < 1.29 is 15.0 Å².